The molecule has 3 fully saturated rings. The van der Waals surface area contributed by atoms with Crippen molar-refractivity contribution in [3.8, 4) is 5.75 Å². The van der Waals surface area contributed by atoms with E-state index in [1.54, 1.807) is 17.9 Å². The summed E-state index contributed by atoms with van der Waals surface area (Å²) in [7, 11) is 0. The largest absolute Gasteiger partial charge is 0.470 e. The van der Waals surface area contributed by atoms with E-state index in [4.69, 9.17) is 9.47 Å². The fraction of sp³-hybridized carbons (Fsp3) is 0.562. The van der Waals surface area contributed by atoms with E-state index in [-0.39, 0.29) is 30.4 Å². The number of alkyl halides is 3. The number of hydrogen-bond acceptors (Lipinski definition) is 5. The summed E-state index contributed by atoms with van der Waals surface area (Å²) >= 11 is 0. The molecular formula is C32H37F3N2O4. The minimum Gasteiger partial charge on any atom is -0.470 e. The lowest BCUT2D eigenvalue weighted by Gasteiger charge is -2.41. The molecule has 2 saturated heterocycles. The maximum absolute atomic E-state index is 13.9. The summed E-state index contributed by atoms with van der Waals surface area (Å²) in [6.45, 7) is 8.43. The van der Waals surface area contributed by atoms with Gasteiger partial charge in [-0.25, -0.2) is 4.79 Å². The van der Waals surface area contributed by atoms with Crippen LogP contribution in [0.2, 0.25) is 0 Å². The van der Waals surface area contributed by atoms with Crippen molar-refractivity contribution < 1.29 is 32.2 Å². The number of carbonyl (C=O) groups is 2. The summed E-state index contributed by atoms with van der Waals surface area (Å²) in [5.41, 5.74) is 0.872. The Morgan fingerprint density at radius 3 is 2.68 bits per heavy atom. The van der Waals surface area contributed by atoms with E-state index in [2.05, 4.69) is 24.8 Å². The van der Waals surface area contributed by atoms with E-state index in [0.717, 1.165) is 56.5 Å². The standard InChI is InChI=1S/C32H37F3N2O4/c1-4-40-29(38)22-7-5-6-21(14-22)26-11-13-36(17-19(26)2)25-10-12-31(16-25)20(3)28-37(30(31)39)18-23-15-24(32(33,34)35)8-9-27(23)41-28/h5-9,14-15,19-20,25-26,28H,4,10-13,16-18H2,1-3H3/t19-,20?,25+,26+,28?,31-/m0/s1. The fourth-order valence-corrected chi connectivity index (χ4v) is 7.86. The van der Waals surface area contributed by atoms with E-state index < -0.39 is 23.4 Å². The summed E-state index contributed by atoms with van der Waals surface area (Å²) < 4.78 is 51.3. The van der Waals surface area contributed by atoms with Crippen LogP contribution in [0.3, 0.4) is 0 Å². The van der Waals surface area contributed by atoms with E-state index >= 15 is 0 Å². The average molecular weight is 571 g/mol. The SMILES string of the molecule is CCOC(=O)c1cccc([C@@H]2CCN([C@@H]3CC[C@@]4(C3)C(=O)N3Cc5cc(C(F)(F)F)ccc5OC3C4C)C[C@@H]2C)c1. The molecule has 3 heterocycles. The van der Waals surface area contributed by atoms with Gasteiger partial charge in [-0.1, -0.05) is 26.0 Å². The first-order chi connectivity index (χ1) is 19.5. The predicted molar refractivity (Wildman–Crippen MR) is 146 cm³/mol. The van der Waals surface area contributed by atoms with Crippen LogP contribution in [-0.2, 0) is 22.3 Å². The third-order valence-corrected chi connectivity index (χ3v) is 10.1. The van der Waals surface area contributed by atoms with Crippen LogP contribution in [0.5, 0.6) is 5.75 Å². The lowest BCUT2D eigenvalue weighted by atomic mass is 9.76. The Hall–Kier alpha value is -3.07. The monoisotopic (exact) mass is 570 g/mol. The molecule has 9 heteroatoms. The zero-order valence-corrected chi connectivity index (χ0v) is 23.7. The zero-order chi connectivity index (χ0) is 29.1. The molecule has 1 saturated carbocycles. The number of carbonyl (C=O) groups excluding carboxylic acids is 2. The first-order valence-corrected chi connectivity index (χ1v) is 14.7. The third-order valence-electron chi connectivity index (χ3n) is 10.1. The number of fused-ring (bicyclic) bond motifs is 2. The van der Waals surface area contributed by atoms with Gasteiger partial charge in [-0.05, 0) is 86.9 Å². The van der Waals surface area contributed by atoms with E-state index in [1.807, 2.05) is 12.1 Å². The van der Waals surface area contributed by atoms with Crippen molar-refractivity contribution in [2.45, 2.75) is 77.4 Å². The minimum atomic E-state index is -4.44. The minimum absolute atomic E-state index is 0.0132. The second-order valence-electron chi connectivity index (χ2n) is 12.3. The van der Waals surface area contributed by atoms with Gasteiger partial charge in [-0.2, -0.15) is 13.2 Å². The van der Waals surface area contributed by atoms with Gasteiger partial charge in [0.2, 0.25) is 5.91 Å². The number of piperidine rings is 1. The van der Waals surface area contributed by atoms with Gasteiger partial charge in [0.1, 0.15) is 5.75 Å². The Balaban J connectivity index is 1.13. The number of benzene rings is 2. The number of ether oxygens (including phenoxy) is 2. The average Bonchev–Trinajstić information content (AvgIpc) is 3.48. The molecule has 0 radical (unpaired) electrons. The molecule has 1 spiro atoms. The van der Waals surface area contributed by atoms with Crippen LogP contribution in [-0.4, -0.2) is 53.6 Å². The smallest absolute Gasteiger partial charge is 0.416 e. The molecule has 6 nitrogen and oxygen atoms in total. The molecule has 6 atom stereocenters. The fourth-order valence-electron chi connectivity index (χ4n) is 7.86. The Labute approximate surface area is 238 Å². The van der Waals surface area contributed by atoms with Crippen molar-refractivity contribution >= 4 is 11.9 Å². The molecule has 2 unspecified atom stereocenters. The van der Waals surface area contributed by atoms with E-state index in [9.17, 15) is 22.8 Å². The van der Waals surface area contributed by atoms with Crippen molar-refractivity contribution in [3.05, 3.63) is 64.7 Å². The second kappa shape index (κ2) is 10.3. The highest BCUT2D eigenvalue weighted by atomic mass is 19.4. The van der Waals surface area contributed by atoms with Gasteiger partial charge in [-0.15, -0.1) is 0 Å². The Kier molecular flexibility index (Phi) is 7.07. The first kappa shape index (κ1) is 28.1. The Morgan fingerprint density at radius 2 is 1.95 bits per heavy atom. The van der Waals surface area contributed by atoms with Crippen LogP contribution in [0.1, 0.15) is 79.4 Å². The quantitative estimate of drug-likeness (QED) is 0.407. The highest BCUT2D eigenvalue weighted by Gasteiger charge is 2.62. The Bertz CT molecular complexity index is 1350. The highest BCUT2D eigenvalue weighted by Crippen LogP contribution is 2.56. The molecule has 6 rings (SSSR count). The van der Waals surface area contributed by atoms with Crippen molar-refractivity contribution in [2.75, 3.05) is 19.7 Å². The van der Waals surface area contributed by atoms with Crippen LogP contribution < -0.4 is 4.74 Å². The number of rotatable bonds is 4. The molecule has 0 aromatic heterocycles. The molecule has 2 aromatic rings. The molecule has 4 aliphatic rings. The summed E-state index contributed by atoms with van der Waals surface area (Å²) in [6.07, 6.45) is -1.52. The number of likely N-dealkylation sites (tertiary alicyclic amines) is 1. The molecule has 0 bridgehead atoms. The van der Waals surface area contributed by atoms with Crippen LogP contribution in [0.4, 0.5) is 13.2 Å². The molecule has 220 valence electrons. The second-order valence-corrected chi connectivity index (χ2v) is 12.3. The van der Waals surface area contributed by atoms with Crippen molar-refractivity contribution in [1.82, 2.24) is 9.80 Å². The van der Waals surface area contributed by atoms with Gasteiger partial charge in [0, 0.05) is 24.1 Å². The van der Waals surface area contributed by atoms with Crippen molar-refractivity contribution in [1.29, 1.82) is 0 Å². The molecule has 1 amide bonds. The van der Waals surface area contributed by atoms with Gasteiger partial charge >= 0.3 is 12.1 Å². The molecule has 3 aliphatic heterocycles. The zero-order valence-electron chi connectivity index (χ0n) is 23.7. The number of amides is 1. The lowest BCUT2D eigenvalue weighted by Crippen LogP contribution is -2.45. The summed E-state index contributed by atoms with van der Waals surface area (Å²) in [4.78, 5) is 30.3. The van der Waals surface area contributed by atoms with Crippen molar-refractivity contribution in [3.63, 3.8) is 0 Å². The van der Waals surface area contributed by atoms with Crippen LogP contribution in [0.15, 0.2) is 42.5 Å². The third kappa shape index (κ3) is 4.80. The Morgan fingerprint density at radius 1 is 1.15 bits per heavy atom. The van der Waals surface area contributed by atoms with E-state index in [1.165, 1.54) is 6.07 Å². The van der Waals surface area contributed by atoms with E-state index in [0.29, 0.717) is 35.3 Å². The highest BCUT2D eigenvalue weighted by molar-refractivity contribution is 5.89. The normalized spacial score (nSPS) is 31.6. The summed E-state index contributed by atoms with van der Waals surface area (Å²) in [5, 5.41) is 0. The number of hydrogen-bond donors (Lipinski definition) is 0. The molecule has 2 aromatic carbocycles. The molecular weight excluding hydrogens is 533 g/mol. The first-order valence-electron chi connectivity index (χ1n) is 14.7. The van der Waals surface area contributed by atoms with Crippen LogP contribution in [0.25, 0.3) is 0 Å². The van der Waals surface area contributed by atoms with Crippen LogP contribution in [0, 0.1) is 17.3 Å². The summed E-state index contributed by atoms with van der Waals surface area (Å²) in [6, 6.07) is 11.6. The number of halogens is 3. The van der Waals surface area contributed by atoms with Crippen LogP contribution >= 0.6 is 0 Å². The van der Waals surface area contributed by atoms with Crippen molar-refractivity contribution in [2.24, 2.45) is 17.3 Å². The van der Waals surface area contributed by atoms with Gasteiger partial charge < -0.3 is 19.3 Å². The molecule has 1 aliphatic carbocycles. The lowest BCUT2D eigenvalue weighted by molar-refractivity contribution is -0.140. The topological polar surface area (TPSA) is 59.1 Å². The maximum Gasteiger partial charge on any atom is 0.416 e. The maximum atomic E-state index is 13.9. The molecule has 41 heavy (non-hydrogen) atoms. The van der Waals surface area contributed by atoms with Gasteiger partial charge in [0.05, 0.1) is 29.7 Å². The van der Waals surface area contributed by atoms with Gasteiger partial charge in [0.15, 0.2) is 6.23 Å². The van der Waals surface area contributed by atoms with Gasteiger partial charge in [-0.3, -0.25) is 4.79 Å². The summed E-state index contributed by atoms with van der Waals surface area (Å²) in [5.74, 6) is 0.811. The predicted octanol–water partition coefficient (Wildman–Crippen LogP) is 6.24. The number of nitrogens with zero attached hydrogens (tertiary/aromatic N) is 2. The number of esters is 1. The van der Waals surface area contributed by atoms with Gasteiger partial charge in [0.25, 0.3) is 0 Å². The molecule has 0 N–H and O–H groups in total.